The molecule has 0 aromatic carbocycles. The van der Waals surface area contributed by atoms with E-state index in [0.29, 0.717) is 5.39 Å². The van der Waals surface area contributed by atoms with E-state index >= 15 is 0 Å². The van der Waals surface area contributed by atoms with Gasteiger partial charge in [-0.1, -0.05) is 0 Å². The molecule has 0 amide bonds. The second-order valence-corrected chi connectivity index (χ2v) is 4.94. The van der Waals surface area contributed by atoms with Gasteiger partial charge in [-0.2, -0.15) is 13.2 Å². The average Bonchev–Trinajstić information content (AvgIpc) is 2.31. The van der Waals surface area contributed by atoms with Crippen molar-refractivity contribution in [1.82, 2.24) is 14.5 Å². The lowest BCUT2D eigenvalue weighted by atomic mass is 9.92. The van der Waals surface area contributed by atoms with Crippen molar-refractivity contribution in [2.75, 3.05) is 0 Å². The Morgan fingerprint density at radius 2 is 1.95 bits per heavy atom. The first-order chi connectivity index (χ1) is 8.72. The third-order valence-corrected chi connectivity index (χ3v) is 2.97. The Labute approximate surface area is 106 Å². The van der Waals surface area contributed by atoms with Crippen LogP contribution in [-0.4, -0.2) is 20.7 Å². The van der Waals surface area contributed by atoms with Gasteiger partial charge in [0.25, 0.3) is 5.56 Å². The Kier molecular flexibility index (Phi) is 3.07. The van der Waals surface area contributed by atoms with Crippen LogP contribution in [0.2, 0.25) is 0 Å². The van der Waals surface area contributed by atoms with Crippen LogP contribution in [0, 0.1) is 5.41 Å². The molecule has 0 saturated carbocycles. The van der Waals surface area contributed by atoms with E-state index in [9.17, 15) is 18.0 Å². The van der Waals surface area contributed by atoms with E-state index in [2.05, 4.69) is 9.97 Å². The molecule has 0 spiro atoms. The second-order valence-electron chi connectivity index (χ2n) is 4.94. The van der Waals surface area contributed by atoms with Crippen LogP contribution in [0.15, 0.2) is 29.5 Å². The minimum absolute atomic E-state index is 0.208. The Hall–Kier alpha value is -1.92. The highest BCUT2D eigenvalue weighted by Gasteiger charge is 2.47. The second kappa shape index (κ2) is 4.32. The van der Waals surface area contributed by atoms with Gasteiger partial charge in [-0.3, -0.25) is 9.36 Å². The Bertz CT molecular complexity index is 661. The number of aromatic nitrogens is 3. The van der Waals surface area contributed by atoms with Crippen molar-refractivity contribution in [2.24, 2.45) is 5.41 Å². The van der Waals surface area contributed by atoms with Crippen LogP contribution in [0.1, 0.15) is 13.8 Å². The van der Waals surface area contributed by atoms with E-state index in [1.165, 1.54) is 24.7 Å². The predicted octanol–water partition coefficient (Wildman–Crippen LogP) is 2.38. The number of rotatable bonds is 2. The average molecular weight is 271 g/mol. The van der Waals surface area contributed by atoms with E-state index in [4.69, 9.17) is 0 Å². The summed E-state index contributed by atoms with van der Waals surface area (Å²) in [5, 5.41) is 0.528. The molecule has 0 saturated heterocycles. The van der Waals surface area contributed by atoms with Crippen molar-refractivity contribution < 1.29 is 13.2 Å². The number of halogens is 3. The number of nitrogens with zero attached hydrogens (tertiary/aromatic N) is 3. The molecular formula is C12H12F3N3O. The van der Waals surface area contributed by atoms with Crippen molar-refractivity contribution >= 4 is 11.0 Å². The minimum atomic E-state index is -4.40. The highest BCUT2D eigenvalue weighted by atomic mass is 19.4. The monoisotopic (exact) mass is 271 g/mol. The molecule has 7 heteroatoms. The predicted molar refractivity (Wildman–Crippen MR) is 63.6 cm³/mol. The van der Waals surface area contributed by atoms with Gasteiger partial charge in [-0.15, -0.1) is 0 Å². The molecule has 0 aliphatic carbocycles. The molecule has 0 N–H and O–H groups in total. The lowest BCUT2D eigenvalue weighted by Gasteiger charge is -2.28. The molecule has 0 fully saturated rings. The van der Waals surface area contributed by atoms with Gasteiger partial charge in [-0.05, 0) is 19.9 Å². The molecule has 0 atom stereocenters. The van der Waals surface area contributed by atoms with Crippen LogP contribution < -0.4 is 5.56 Å². The molecule has 4 nitrogen and oxygen atoms in total. The zero-order chi connectivity index (χ0) is 14.3. The van der Waals surface area contributed by atoms with Crippen LogP contribution in [0.4, 0.5) is 13.2 Å². The Morgan fingerprint density at radius 1 is 1.26 bits per heavy atom. The number of alkyl halides is 3. The summed E-state index contributed by atoms with van der Waals surface area (Å²) in [6.07, 6.45) is -1.74. The van der Waals surface area contributed by atoms with Crippen molar-refractivity contribution in [2.45, 2.75) is 26.6 Å². The van der Waals surface area contributed by atoms with Crippen molar-refractivity contribution in [1.29, 1.82) is 0 Å². The maximum Gasteiger partial charge on any atom is 0.395 e. The molecule has 102 valence electrons. The third kappa shape index (κ3) is 2.45. The topological polar surface area (TPSA) is 47.8 Å². The Balaban J connectivity index is 2.58. The first kappa shape index (κ1) is 13.5. The number of fused-ring (bicyclic) bond motifs is 1. The first-order valence-electron chi connectivity index (χ1n) is 5.59. The van der Waals surface area contributed by atoms with Gasteiger partial charge in [0, 0.05) is 24.2 Å². The lowest BCUT2D eigenvalue weighted by molar-refractivity contribution is -0.215. The van der Waals surface area contributed by atoms with Gasteiger partial charge >= 0.3 is 6.18 Å². The highest BCUT2D eigenvalue weighted by Crippen LogP contribution is 2.38. The van der Waals surface area contributed by atoms with Crippen LogP contribution >= 0.6 is 0 Å². The smallest absolute Gasteiger partial charge is 0.292 e. The number of hydrogen-bond acceptors (Lipinski definition) is 3. The molecule has 2 rings (SSSR count). The van der Waals surface area contributed by atoms with Crippen molar-refractivity contribution in [3.8, 4) is 0 Å². The summed E-state index contributed by atoms with van der Waals surface area (Å²) in [5.74, 6) is 0. The zero-order valence-corrected chi connectivity index (χ0v) is 10.4. The molecule has 2 heterocycles. The third-order valence-electron chi connectivity index (χ3n) is 2.97. The fraction of sp³-hybridized carbons (Fsp3) is 0.417. The quantitative estimate of drug-likeness (QED) is 0.842. The molecular weight excluding hydrogens is 259 g/mol. The fourth-order valence-corrected chi connectivity index (χ4v) is 1.67. The van der Waals surface area contributed by atoms with Gasteiger partial charge < -0.3 is 0 Å². The largest absolute Gasteiger partial charge is 0.395 e. The summed E-state index contributed by atoms with van der Waals surface area (Å²) in [5.41, 5.74) is -2.32. The Morgan fingerprint density at radius 3 is 2.58 bits per heavy atom. The summed E-state index contributed by atoms with van der Waals surface area (Å²) in [4.78, 5) is 19.4. The van der Waals surface area contributed by atoms with Gasteiger partial charge in [0.2, 0.25) is 0 Å². The van der Waals surface area contributed by atoms with E-state index in [1.807, 2.05) is 0 Å². The van der Waals surface area contributed by atoms with Crippen molar-refractivity contribution in [3.63, 3.8) is 0 Å². The zero-order valence-electron chi connectivity index (χ0n) is 10.4. The van der Waals surface area contributed by atoms with Gasteiger partial charge in [0.1, 0.15) is 12.0 Å². The van der Waals surface area contributed by atoms with Gasteiger partial charge in [-0.25, -0.2) is 9.97 Å². The maximum absolute atomic E-state index is 12.9. The number of hydrogen-bond donors (Lipinski definition) is 0. The maximum atomic E-state index is 12.9. The van der Waals surface area contributed by atoms with E-state index < -0.39 is 23.7 Å². The van der Waals surface area contributed by atoms with E-state index in [0.717, 1.165) is 18.4 Å². The summed E-state index contributed by atoms with van der Waals surface area (Å²) in [7, 11) is 0. The van der Waals surface area contributed by atoms with Crippen LogP contribution in [-0.2, 0) is 6.54 Å². The minimum Gasteiger partial charge on any atom is -0.292 e. The molecule has 0 aliphatic rings. The molecule has 2 aromatic rings. The van der Waals surface area contributed by atoms with E-state index in [1.54, 1.807) is 0 Å². The molecule has 19 heavy (non-hydrogen) atoms. The summed E-state index contributed by atoms with van der Waals surface area (Å²) < 4.78 is 39.7. The van der Waals surface area contributed by atoms with E-state index in [-0.39, 0.29) is 5.65 Å². The molecule has 0 bridgehead atoms. The standard InChI is InChI=1S/C12H12F3N3O/c1-11(2,12(13,14)15)6-18-9(19)4-3-8-5-16-7-17-10(8)18/h3-5,7H,6H2,1-2H3. The fourth-order valence-electron chi connectivity index (χ4n) is 1.67. The van der Waals surface area contributed by atoms with Gasteiger partial charge in [0.15, 0.2) is 0 Å². The van der Waals surface area contributed by atoms with Crippen LogP contribution in [0.25, 0.3) is 11.0 Å². The first-order valence-corrected chi connectivity index (χ1v) is 5.59. The van der Waals surface area contributed by atoms with Gasteiger partial charge in [0.05, 0.1) is 5.41 Å². The molecule has 0 unspecified atom stereocenters. The highest BCUT2D eigenvalue weighted by molar-refractivity contribution is 5.73. The molecule has 0 aliphatic heterocycles. The summed E-state index contributed by atoms with van der Waals surface area (Å²) in [6.45, 7) is 1.63. The molecule has 0 radical (unpaired) electrons. The lowest BCUT2D eigenvalue weighted by Crippen LogP contribution is -2.39. The summed E-state index contributed by atoms with van der Waals surface area (Å²) in [6, 6.07) is 2.72. The van der Waals surface area contributed by atoms with Crippen molar-refractivity contribution in [3.05, 3.63) is 35.0 Å². The normalized spacial score (nSPS) is 12.9. The van der Waals surface area contributed by atoms with Crippen LogP contribution in [0.5, 0.6) is 0 Å². The number of pyridine rings is 1. The summed E-state index contributed by atoms with van der Waals surface area (Å²) >= 11 is 0. The van der Waals surface area contributed by atoms with Crippen LogP contribution in [0.3, 0.4) is 0 Å². The molecule has 2 aromatic heterocycles. The SMILES string of the molecule is CC(C)(Cn1c(=O)ccc2cncnc21)C(F)(F)F.